The Morgan fingerprint density at radius 1 is 1.47 bits per heavy atom. The molecule has 0 amide bonds. The number of anilines is 1. The second-order valence-corrected chi connectivity index (χ2v) is 3.97. The van der Waals surface area contributed by atoms with Crippen LogP contribution in [0.1, 0.15) is 24.6 Å². The highest BCUT2D eigenvalue weighted by atomic mass is 19.1. The van der Waals surface area contributed by atoms with E-state index in [0.717, 1.165) is 25.9 Å². The zero-order valence-electron chi connectivity index (χ0n) is 8.62. The van der Waals surface area contributed by atoms with Crippen LogP contribution in [0.5, 0.6) is 0 Å². The molecule has 1 aliphatic heterocycles. The van der Waals surface area contributed by atoms with Crippen LogP contribution in [0, 0.1) is 5.92 Å². The summed E-state index contributed by atoms with van der Waals surface area (Å²) in [4.78, 5) is 3.92. The van der Waals surface area contributed by atoms with Gasteiger partial charge in [0.1, 0.15) is 12.0 Å². The predicted octanol–water partition coefficient (Wildman–Crippen LogP) is 1.67. The molecule has 4 heteroatoms. The van der Waals surface area contributed by atoms with Crippen LogP contribution < -0.4 is 11.1 Å². The first-order valence-corrected chi connectivity index (χ1v) is 5.34. The summed E-state index contributed by atoms with van der Waals surface area (Å²) in [6.45, 7) is 1.79. The van der Waals surface area contributed by atoms with Crippen LogP contribution in [0.25, 0.3) is 0 Å². The van der Waals surface area contributed by atoms with Crippen LogP contribution in [0.15, 0.2) is 18.3 Å². The van der Waals surface area contributed by atoms with Crippen LogP contribution in [0.3, 0.4) is 0 Å². The third-order valence-corrected chi connectivity index (χ3v) is 2.97. The Bertz CT molecular complexity index is 323. The Hall–Kier alpha value is -1.16. The quantitative estimate of drug-likeness (QED) is 0.779. The fourth-order valence-electron chi connectivity index (χ4n) is 2.05. The zero-order valence-corrected chi connectivity index (χ0v) is 8.62. The lowest BCUT2D eigenvalue weighted by atomic mass is 9.89. The molecule has 1 unspecified atom stereocenters. The average molecular weight is 209 g/mol. The minimum Gasteiger partial charge on any atom is -0.383 e. The SMILES string of the molecule is Nc1ncccc1C(F)C1CCNCC1. The molecule has 3 nitrogen and oxygen atoms in total. The first kappa shape index (κ1) is 10.4. The second kappa shape index (κ2) is 4.57. The molecule has 3 N–H and O–H groups in total. The normalized spacial score (nSPS) is 20.1. The van der Waals surface area contributed by atoms with Gasteiger partial charge in [0.25, 0.3) is 0 Å². The molecule has 1 aromatic heterocycles. The third kappa shape index (κ3) is 2.26. The largest absolute Gasteiger partial charge is 0.383 e. The van der Waals surface area contributed by atoms with E-state index in [1.165, 1.54) is 0 Å². The number of rotatable bonds is 2. The Labute approximate surface area is 88.9 Å². The van der Waals surface area contributed by atoms with Crippen LogP contribution in [0.4, 0.5) is 10.2 Å². The van der Waals surface area contributed by atoms with Crippen LogP contribution in [0.2, 0.25) is 0 Å². The highest BCUT2D eigenvalue weighted by Gasteiger charge is 2.26. The number of halogens is 1. The van der Waals surface area contributed by atoms with Crippen molar-refractivity contribution in [3.05, 3.63) is 23.9 Å². The summed E-state index contributed by atoms with van der Waals surface area (Å²) >= 11 is 0. The van der Waals surface area contributed by atoms with Crippen molar-refractivity contribution in [1.82, 2.24) is 10.3 Å². The van der Waals surface area contributed by atoms with Crippen LogP contribution in [-0.2, 0) is 0 Å². The van der Waals surface area contributed by atoms with Gasteiger partial charge >= 0.3 is 0 Å². The van der Waals surface area contributed by atoms with Crippen molar-refractivity contribution >= 4 is 5.82 Å². The maximum Gasteiger partial charge on any atom is 0.132 e. The topological polar surface area (TPSA) is 50.9 Å². The molecule has 0 spiro atoms. The molecular weight excluding hydrogens is 193 g/mol. The van der Waals surface area contributed by atoms with E-state index in [4.69, 9.17) is 5.73 Å². The number of nitrogen functional groups attached to an aromatic ring is 1. The van der Waals surface area contributed by atoms with Crippen molar-refractivity contribution < 1.29 is 4.39 Å². The van der Waals surface area contributed by atoms with Crippen molar-refractivity contribution in [2.24, 2.45) is 5.92 Å². The van der Waals surface area contributed by atoms with Gasteiger partial charge in [-0.1, -0.05) is 6.07 Å². The van der Waals surface area contributed by atoms with E-state index in [1.54, 1.807) is 18.3 Å². The number of nitrogens with zero attached hydrogens (tertiary/aromatic N) is 1. The second-order valence-electron chi connectivity index (χ2n) is 3.97. The van der Waals surface area contributed by atoms with Gasteiger partial charge in [0, 0.05) is 11.8 Å². The van der Waals surface area contributed by atoms with Crippen molar-refractivity contribution in [2.75, 3.05) is 18.8 Å². The maximum atomic E-state index is 14.1. The number of piperidine rings is 1. The van der Waals surface area contributed by atoms with Gasteiger partial charge in [-0.2, -0.15) is 0 Å². The van der Waals surface area contributed by atoms with Gasteiger partial charge in [-0.25, -0.2) is 9.37 Å². The molecule has 82 valence electrons. The third-order valence-electron chi connectivity index (χ3n) is 2.97. The van der Waals surface area contributed by atoms with Crippen LogP contribution in [-0.4, -0.2) is 18.1 Å². The Morgan fingerprint density at radius 2 is 2.20 bits per heavy atom. The molecule has 1 aliphatic rings. The lowest BCUT2D eigenvalue weighted by Gasteiger charge is -2.26. The van der Waals surface area contributed by atoms with E-state index in [-0.39, 0.29) is 5.92 Å². The number of nitrogens with one attached hydrogen (secondary N) is 1. The predicted molar refractivity (Wildman–Crippen MR) is 58.1 cm³/mol. The van der Waals surface area contributed by atoms with Crippen molar-refractivity contribution in [1.29, 1.82) is 0 Å². The summed E-state index contributed by atoms with van der Waals surface area (Å²) in [5.74, 6) is 0.404. The molecule has 1 fully saturated rings. The van der Waals surface area contributed by atoms with E-state index < -0.39 is 6.17 Å². The van der Waals surface area contributed by atoms with Crippen molar-refractivity contribution in [2.45, 2.75) is 19.0 Å². The lowest BCUT2D eigenvalue weighted by molar-refractivity contribution is 0.191. The molecule has 15 heavy (non-hydrogen) atoms. The molecule has 2 rings (SSSR count). The van der Waals surface area contributed by atoms with Gasteiger partial charge in [-0.15, -0.1) is 0 Å². The molecule has 0 bridgehead atoms. The van der Waals surface area contributed by atoms with Gasteiger partial charge in [0.2, 0.25) is 0 Å². The van der Waals surface area contributed by atoms with E-state index >= 15 is 0 Å². The summed E-state index contributed by atoms with van der Waals surface area (Å²) in [5.41, 5.74) is 6.21. The summed E-state index contributed by atoms with van der Waals surface area (Å²) in [7, 11) is 0. The molecule has 2 heterocycles. The molecule has 1 saturated heterocycles. The molecule has 0 aromatic carbocycles. The smallest absolute Gasteiger partial charge is 0.132 e. The number of nitrogens with two attached hydrogens (primary N) is 1. The van der Waals surface area contributed by atoms with Gasteiger partial charge in [0.15, 0.2) is 0 Å². The van der Waals surface area contributed by atoms with Gasteiger partial charge in [-0.3, -0.25) is 0 Å². The minimum atomic E-state index is -0.971. The van der Waals surface area contributed by atoms with E-state index in [1.807, 2.05) is 0 Å². The van der Waals surface area contributed by atoms with Gasteiger partial charge < -0.3 is 11.1 Å². The van der Waals surface area contributed by atoms with E-state index in [0.29, 0.717) is 11.4 Å². The van der Waals surface area contributed by atoms with Gasteiger partial charge in [-0.05, 0) is 37.9 Å². The number of pyridine rings is 1. The maximum absolute atomic E-state index is 14.1. The number of aromatic nitrogens is 1. The van der Waals surface area contributed by atoms with Crippen molar-refractivity contribution in [3.63, 3.8) is 0 Å². The Morgan fingerprint density at radius 3 is 2.87 bits per heavy atom. The van der Waals surface area contributed by atoms with E-state index in [2.05, 4.69) is 10.3 Å². The molecule has 1 atom stereocenters. The molecule has 0 aliphatic carbocycles. The summed E-state index contributed by atoms with van der Waals surface area (Å²) < 4.78 is 14.1. The summed E-state index contributed by atoms with van der Waals surface area (Å²) in [6.07, 6.45) is 2.36. The van der Waals surface area contributed by atoms with Crippen molar-refractivity contribution in [3.8, 4) is 0 Å². The first-order valence-electron chi connectivity index (χ1n) is 5.34. The number of alkyl halides is 1. The number of hydrogen-bond acceptors (Lipinski definition) is 3. The lowest BCUT2D eigenvalue weighted by Crippen LogP contribution is -2.30. The highest BCUT2D eigenvalue weighted by Crippen LogP contribution is 2.34. The minimum absolute atomic E-state index is 0.0812. The molecular formula is C11H16FN3. The monoisotopic (exact) mass is 209 g/mol. The average Bonchev–Trinajstić information content (AvgIpc) is 2.30. The van der Waals surface area contributed by atoms with Crippen LogP contribution >= 0.6 is 0 Å². The molecule has 1 aromatic rings. The van der Waals surface area contributed by atoms with E-state index in [9.17, 15) is 4.39 Å². The molecule has 0 radical (unpaired) electrons. The molecule has 0 saturated carbocycles. The fraction of sp³-hybridized carbons (Fsp3) is 0.545. The first-order chi connectivity index (χ1) is 7.29. The zero-order chi connectivity index (χ0) is 10.7. The highest BCUT2D eigenvalue weighted by molar-refractivity contribution is 5.40. The summed E-state index contributed by atoms with van der Waals surface area (Å²) in [6, 6.07) is 3.47. The summed E-state index contributed by atoms with van der Waals surface area (Å²) in [5, 5.41) is 3.22. The number of hydrogen-bond donors (Lipinski definition) is 2. The van der Waals surface area contributed by atoms with Gasteiger partial charge in [0.05, 0.1) is 0 Å². The fourth-order valence-corrected chi connectivity index (χ4v) is 2.05. The Kier molecular flexibility index (Phi) is 3.16. The standard InChI is InChI=1S/C11H16FN3/c12-10(8-3-6-14-7-4-8)9-2-1-5-15-11(9)13/h1-2,5,8,10,14H,3-4,6-7H2,(H2,13,15). The Balaban J connectivity index is 2.12.